The zero-order valence-corrected chi connectivity index (χ0v) is 15.2. The van der Waals surface area contributed by atoms with Gasteiger partial charge in [0.05, 0.1) is 18.1 Å². The molecule has 3 aromatic rings. The molecule has 2 amide bonds. The fourth-order valence-electron chi connectivity index (χ4n) is 3.18. The number of nitrogens with one attached hydrogen (secondary N) is 2. The molecule has 4 rings (SSSR count). The Bertz CT molecular complexity index is 1070. The van der Waals surface area contributed by atoms with Gasteiger partial charge in [0.1, 0.15) is 5.82 Å². The Labute approximate surface area is 163 Å². The summed E-state index contributed by atoms with van der Waals surface area (Å²) in [6, 6.07) is 5.54. The SMILES string of the molecule is O=C(NCc1cc(F)cc(Cl)c1)[C@@]1(O)CCN(c2cnc3[nH]ncc3c2)C1=O. The first kappa shape index (κ1) is 18.3. The molecule has 1 aliphatic heterocycles. The monoisotopic (exact) mass is 403 g/mol. The van der Waals surface area contributed by atoms with E-state index in [0.717, 1.165) is 6.07 Å². The van der Waals surface area contributed by atoms with Crippen LogP contribution in [0.1, 0.15) is 12.0 Å². The van der Waals surface area contributed by atoms with Gasteiger partial charge in [-0.2, -0.15) is 5.10 Å². The van der Waals surface area contributed by atoms with Gasteiger partial charge < -0.3 is 15.3 Å². The van der Waals surface area contributed by atoms with Crippen molar-refractivity contribution >= 4 is 40.1 Å². The molecule has 144 valence electrons. The smallest absolute Gasteiger partial charge is 0.268 e. The molecule has 0 aliphatic carbocycles. The van der Waals surface area contributed by atoms with Crippen molar-refractivity contribution in [3.8, 4) is 0 Å². The van der Waals surface area contributed by atoms with E-state index < -0.39 is 23.2 Å². The number of hydrogen-bond donors (Lipinski definition) is 3. The highest BCUT2D eigenvalue weighted by Crippen LogP contribution is 2.29. The number of benzene rings is 1. The van der Waals surface area contributed by atoms with Crippen molar-refractivity contribution in [2.24, 2.45) is 0 Å². The lowest BCUT2D eigenvalue weighted by molar-refractivity contribution is -0.149. The topological polar surface area (TPSA) is 111 Å². The Kier molecular flexibility index (Phi) is 4.48. The summed E-state index contributed by atoms with van der Waals surface area (Å²) in [7, 11) is 0. The summed E-state index contributed by atoms with van der Waals surface area (Å²) in [6.45, 7) is 0.0774. The number of aromatic nitrogens is 3. The molecule has 3 N–H and O–H groups in total. The first-order valence-electron chi connectivity index (χ1n) is 8.43. The van der Waals surface area contributed by atoms with E-state index in [1.165, 1.54) is 23.2 Å². The number of fused-ring (bicyclic) bond motifs is 1. The Morgan fingerprint density at radius 2 is 2.18 bits per heavy atom. The predicted molar refractivity (Wildman–Crippen MR) is 99.1 cm³/mol. The zero-order valence-electron chi connectivity index (χ0n) is 14.4. The number of pyridine rings is 1. The van der Waals surface area contributed by atoms with Crippen LogP contribution in [0.2, 0.25) is 5.02 Å². The van der Waals surface area contributed by atoms with Gasteiger partial charge in [-0.15, -0.1) is 0 Å². The van der Waals surface area contributed by atoms with Crippen molar-refractivity contribution in [2.45, 2.75) is 18.6 Å². The van der Waals surface area contributed by atoms with E-state index in [-0.39, 0.29) is 24.5 Å². The number of anilines is 1. The van der Waals surface area contributed by atoms with Gasteiger partial charge in [0, 0.05) is 29.9 Å². The van der Waals surface area contributed by atoms with Crippen molar-refractivity contribution < 1.29 is 19.1 Å². The molecule has 10 heteroatoms. The van der Waals surface area contributed by atoms with Crippen LogP contribution in [0, 0.1) is 5.82 Å². The third kappa shape index (κ3) is 3.19. The van der Waals surface area contributed by atoms with E-state index in [0.29, 0.717) is 22.3 Å². The van der Waals surface area contributed by atoms with E-state index >= 15 is 0 Å². The minimum atomic E-state index is -2.21. The van der Waals surface area contributed by atoms with Gasteiger partial charge in [-0.3, -0.25) is 14.7 Å². The van der Waals surface area contributed by atoms with Gasteiger partial charge in [-0.1, -0.05) is 11.6 Å². The van der Waals surface area contributed by atoms with Crippen LogP contribution in [0.3, 0.4) is 0 Å². The van der Waals surface area contributed by atoms with Crippen molar-refractivity contribution in [1.82, 2.24) is 20.5 Å². The van der Waals surface area contributed by atoms with Crippen LogP contribution in [0.5, 0.6) is 0 Å². The number of hydrogen-bond acceptors (Lipinski definition) is 5. The standard InChI is InChI=1S/C18H15ClFN5O3/c19-12-3-10(4-13(20)6-12)7-22-16(26)18(28)1-2-25(17(18)27)14-5-11-8-23-24-15(11)21-9-14/h3-6,8-9,28H,1-2,7H2,(H,22,26)(H,21,23,24)/t18-/m0/s1. The van der Waals surface area contributed by atoms with E-state index in [9.17, 15) is 19.1 Å². The molecule has 0 unspecified atom stereocenters. The van der Waals surface area contributed by atoms with Crippen LogP contribution in [0.25, 0.3) is 11.0 Å². The molecule has 1 fully saturated rings. The Morgan fingerprint density at radius 1 is 1.36 bits per heavy atom. The second-order valence-electron chi connectivity index (χ2n) is 6.53. The summed E-state index contributed by atoms with van der Waals surface area (Å²) >= 11 is 5.79. The highest BCUT2D eigenvalue weighted by molar-refractivity contribution is 6.30. The molecule has 1 atom stereocenters. The number of aliphatic hydroxyl groups is 1. The average molecular weight is 404 g/mol. The number of nitrogens with zero attached hydrogens (tertiary/aromatic N) is 3. The molecule has 1 aliphatic rings. The van der Waals surface area contributed by atoms with Crippen LogP contribution >= 0.6 is 11.6 Å². The Hall–Kier alpha value is -3.04. The number of halogens is 2. The molecule has 0 spiro atoms. The fraction of sp³-hybridized carbons (Fsp3) is 0.222. The van der Waals surface area contributed by atoms with Gasteiger partial charge >= 0.3 is 0 Å². The number of carbonyl (C=O) groups excluding carboxylic acids is 2. The first-order valence-corrected chi connectivity index (χ1v) is 8.81. The second-order valence-corrected chi connectivity index (χ2v) is 6.97. The maximum absolute atomic E-state index is 13.4. The lowest BCUT2D eigenvalue weighted by atomic mass is 10.0. The van der Waals surface area contributed by atoms with E-state index in [4.69, 9.17) is 11.6 Å². The third-order valence-electron chi connectivity index (χ3n) is 4.64. The molecule has 0 saturated carbocycles. The predicted octanol–water partition coefficient (Wildman–Crippen LogP) is 1.53. The third-order valence-corrected chi connectivity index (χ3v) is 4.85. The molecule has 28 heavy (non-hydrogen) atoms. The summed E-state index contributed by atoms with van der Waals surface area (Å²) < 4.78 is 13.4. The lowest BCUT2D eigenvalue weighted by Crippen LogP contribution is -2.52. The second kappa shape index (κ2) is 6.84. The van der Waals surface area contributed by atoms with Crippen molar-refractivity contribution in [2.75, 3.05) is 11.4 Å². The average Bonchev–Trinajstić information content (AvgIpc) is 3.24. The Balaban J connectivity index is 1.49. The first-order chi connectivity index (χ1) is 13.4. The molecule has 2 aromatic heterocycles. The quantitative estimate of drug-likeness (QED) is 0.572. The highest BCUT2D eigenvalue weighted by Gasteiger charge is 2.51. The van der Waals surface area contributed by atoms with E-state index in [1.54, 1.807) is 12.3 Å². The summed E-state index contributed by atoms with van der Waals surface area (Å²) in [5.41, 5.74) is -0.766. The summed E-state index contributed by atoms with van der Waals surface area (Å²) in [5.74, 6) is -2.13. The number of rotatable bonds is 4. The van der Waals surface area contributed by atoms with E-state index in [2.05, 4.69) is 20.5 Å². The molecule has 1 aromatic carbocycles. The van der Waals surface area contributed by atoms with Crippen LogP contribution in [-0.4, -0.2) is 44.2 Å². The summed E-state index contributed by atoms with van der Waals surface area (Å²) in [5, 5.41) is 20.6. The molecule has 0 radical (unpaired) electrons. The van der Waals surface area contributed by atoms with Crippen LogP contribution in [0.4, 0.5) is 10.1 Å². The van der Waals surface area contributed by atoms with Gasteiger partial charge in [0.25, 0.3) is 11.8 Å². The molecule has 0 bridgehead atoms. The zero-order chi connectivity index (χ0) is 19.9. The molecular weight excluding hydrogens is 389 g/mol. The van der Waals surface area contributed by atoms with Gasteiger partial charge in [0.15, 0.2) is 5.65 Å². The van der Waals surface area contributed by atoms with E-state index in [1.807, 2.05) is 0 Å². The Morgan fingerprint density at radius 3 is 2.96 bits per heavy atom. The molecular formula is C18H15ClFN5O3. The summed E-state index contributed by atoms with van der Waals surface area (Å²) in [6.07, 6.45) is 2.96. The van der Waals surface area contributed by atoms with Crippen molar-refractivity contribution in [1.29, 1.82) is 0 Å². The van der Waals surface area contributed by atoms with Gasteiger partial charge in [0.2, 0.25) is 5.60 Å². The fourth-order valence-corrected chi connectivity index (χ4v) is 3.42. The minimum Gasteiger partial charge on any atom is -0.372 e. The largest absolute Gasteiger partial charge is 0.372 e. The van der Waals surface area contributed by atoms with Gasteiger partial charge in [-0.05, 0) is 29.8 Å². The maximum Gasteiger partial charge on any atom is 0.268 e. The van der Waals surface area contributed by atoms with Gasteiger partial charge in [-0.25, -0.2) is 9.37 Å². The number of H-pyrrole nitrogens is 1. The lowest BCUT2D eigenvalue weighted by Gasteiger charge is -2.21. The maximum atomic E-state index is 13.4. The molecule has 1 saturated heterocycles. The minimum absolute atomic E-state index is 0.0750. The highest BCUT2D eigenvalue weighted by atomic mass is 35.5. The molecule has 3 heterocycles. The molecule has 8 nitrogen and oxygen atoms in total. The van der Waals surface area contributed by atoms with Crippen LogP contribution in [0.15, 0.2) is 36.7 Å². The van der Waals surface area contributed by atoms with Crippen LogP contribution < -0.4 is 10.2 Å². The summed E-state index contributed by atoms with van der Waals surface area (Å²) in [4.78, 5) is 30.7. The normalized spacial score (nSPS) is 19.4. The number of aromatic amines is 1. The number of carbonyl (C=O) groups is 2. The van der Waals surface area contributed by atoms with Crippen molar-refractivity contribution in [3.05, 3.63) is 53.1 Å². The van der Waals surface area contributed by atoms with Crippen LogP contribution in [-0.2, 0) is 16.1 Å². The van der Waals surface area contributed by atoms with Crippen molar-refractivity contribution in [3.63, 3.8) is 0 Å². The number of amides is 2.